The zero-order valence-electron chi connectivity index (χ0n) is 86.8. The topological polar surface area (TPSA) is 195 Å². The van der Waals surface area contributed by atoms with E-state index in [4.69, 9.17) is 47.4 Å². The van der Waals surface area contributed by atoms with E-state index in [0.717, 1.165) is 183 Å². The molecule has 4 aromatic carbocycles. The minimum atomic E-state index is -0.736. The highest BCUT2D eigenvalue weighted by molar-refractivity contribution is 5.92. The minimum absolute atomic E-state index is 0.0747. The molecule has 0 aliphatic heterocycles. The summed E-state index contributed by atoms with van der Waals surface area (Å²) in [6, 6.07) is 16.5. The van der Waals surface area contributed by atoms with Crippen LogP contribution in [0.15, 0.2) is 98.1 Å². The van der Waals surface area contributed by atoms with Gasteiger partial charge in [0.25, 0.3) is 0 Å². The van der Waals surface area contributed by atoms with Crippen LogP contribution in [0.2, 0.25) is 0 Å². The predicted molar refractivity (Wildman–Crippen MR) is 559 cm³/mol. The molecule has 0 heterocycles. The lowest BCUT2D eigenvalue weighted by atomic mass is 9.88. The number of esters is 6. The number of benzene rings is 4. The van der Waals surface area contributed by atoms with Gasteiger partial charge in [0.15, 0.2) is 0 Å². The molecule has 16 nitrogen and oxygen atoms in total. The Labute approximate surface area is 826 Å². The number of ether oxygens (including phenoxy) is 10. The minimum Gasteiger partial charge on any atom is -0.493 e. The number of unbranched alkanes of at least 4 members (excludes halogenated alkanes) is 60. The molecule has 0 fully saturated rings. The molecule has 764 valence electrons. The van der Waals surface area contributed by atoms with Crippen LogP contribution in [0.25, 0.3) is 0 Å². The second kappa shape index (κ2) is 80.6. The average molecular weight is 1890 g/mol. The van der Waals surface area contributed by atoms with E-state index in [1.807, 2.05) is 24.3 Å². The highest BCUT2D eigenvalue weighted by atomic mass is 16.6. The van der Waals surface area contributed by atoms with Gasteiger partial charge in [0.1, 0.15) is 49.4 Å². The van der Waals surface area contributed by atoms with Gasteiger partial charge in [-0.3, -0.25) is 0 Å². The normalized spacial score (nSPS) is 11.9. The Hall–Kier alpha value is -8.14. The van der Waals surface area contributed by atoms with E-state index >= 15 is 0 Å². The maximum Gasteiger partial charge on any atom is 0.331 e. The maximum atomic E-state index is 13.8. The fourth-order valence-electron chi connectivity index (χ4n) is 18.8. The van der Waals surface area contributed by atoms with Gasteiger partial charge in [0, 0.05) is 62.1 Å². The number of methoxy groups -OCH3 is 2. The van der Waals surface area contributed by atoms with Gasteiger partial charge in [-0.15, -0.1) is 0 Å². The Bertz CT molecular complexity index is 3670. The lowest BCUT2D eigenvalue weighted by molar-refractivity contribution is -0.140. The van der Waals surface area contributed by atoms with Gasteiger partial charge >= 0.3 is 35.8 Å². The number of carbonyl (C=O) groups excluding carboxylic acids is 6. The van der Waals surface area contributed by atoms with Crippen LogP contribution in [-0.2, 0) is 109 Å². The second-order valence-corrected chi connectivity index (χ2v) is 38.8. The molecular formula is C120H188O16. The highest BCUT2D eigenvalue weighted by Crippen LogP contribution is 2.43. The first-order chi connectivity index (χ1) is 66.8. The van der Waals surface area contributed by atoms with E-state index in [1.165, 1.54) is 335 Å². The van der Waals surface area contributed by atoms with E-state index in [0.29, 0.717) is 60.6 Å². The van der Waals surface area contributed by atoms with Crippen molar-refractivity contribution >= 4 is 35.8 Å². The zero-order chi connectivity index (χ0) is 97.4. The molecule has 0 saturated carbocycles. The summed E-state index contributed by atoms with van der Waals surface area (Å²) in [5.41, 5.74) is 9.09. The molecule has 8 bridgehead atoms. The van der Waals surface area contributed by atoms with Crippen molar-refractivity contribution in [2.24, 2.45) is 0 Å². The van der Waals surface area contributed by atoms with Gasteiger partial charge in [-0.05, 0) is 141 Å². The van der Waals surface area contributed by atoms with Crippen molar-refractivity contribution in [3.8, 4) is 23.0 Å². The predicted octanol–water partition coefficient (Wildman–Crippen LogP) is 32.9. The number of carbonyl (C=O) groups is 6. The van der Waals surface area contributed by atoms with Gasteiger partial charge in [0.05, 0.1) is 40.6 Å². The van der Waals surface area contributed by atoms with Gasteiger partial charge in [-0.2, -0.15) is 0 Å². The Morgan fingerprint density at radius 3 is 0.500 bits per heavy atom. The van der Waals surface area contributed by atoms with Crippen LogP contribution in [0.1, 0.15) is 505 Å². The number of hydrogen-bond donors (Lipinski definition) is 0. The number of hydrogen-bond acceptors (Lipinski definition) is 16. The standard InChI is InChI=1S/C120H188O16/c1-9-15-19-23-27-31-35-39-43-47-51-55-59-63-67-71-79-129-117-103-83-99(95-133-111(121)13-5)85-105(117)92-107-87-101(97-135-115(125)77-75-113(123)127-7)89-109(119(107)131-81-73-69-65-61-57-53-49-45-41-37-33-29-25-21-17-11-3)94-110-90-102(98-136-116(126)78-76-114(124)128-8)88-108(120(110)132-82-74-70-66-62-58-54-50-46-42-38-34-30-26-22-18-12-4)93-106-86-100(96-134-112(122)14-6)84-104(91-103)118(106)130-80-72-68-64-60-56-52-48-44-40-36-32-28-24-20-16-10-2/h13-14,75-78,83-90H,5-6,9-12,15-74,79-82,91-98H2,1-4,7-8H3/b77-75-,78-76-. The third-order valence-electron chi connectivity index (χ3n) is 26.7. The Morgan fingerprint density at radius 1 is 0.213 bits per heavy atom. The SMILES string of the molecule is C=CC(=O)OCc1cc2c(OCCCCCCCCCCCCCCCCCC)c(c1)Cc1cc(COC(=O)/C=C\C(=O)OC)cc(c1OCCCCCCCCCCCCCCCCCC)Cc1cc(COC(=O)/C=C\C(=O)OC)cc(c1OCCCCCCCCCCCCCCCCCC)Cc1cc(COC(=O)C=C)cc(c1OCCCCCCCCCCCCCCCCCC)C2. The fourth-order valence-corrected chi connectivity index (χ4v) is 18.8. The largest absolute Gasteiger partial charge is 0.493 e. The summed E-state index contributed by atoms with van der Waals surface area (Å²) in [7, 11) is 2.51. The third kappa shape index (κ3) is 56.8. The Balaban J connectivity index is 1.73. The Kier molecular flexibility index (Phi) is 70.2. The van der Waals surface area contributed by atoms with Crippen molar-refractivity contribution in [1.29, 1.82) is 0 Å². The first kappa shape index (κ1) is 118. The van der Waals surface area contributed by atoms with E-state index < -0.39 is 35.8 Å². The van der Waals surface area contributed by atoms with E-state index in [1.54, 1.807) is 0 Å². The molecule has 0 amide bonds. The molecular weight excluding hydrogens is 1700 g/mol. The highest BCUT2D eigenvalue weighted by Gasteiger charge is 2.27. The third-order valence-corrected chi connectivity index (χ3v) is 26.7. The van der Waals surface area contributed by atoms with Crippen molar-refractivity contribution in [2.75, 3.05) is 40.6 Å². The molecule has 5 rings (SSSR count). The molecule has 0 aromatic heterocycles. The molecule has 0 unspecified atom stereocenters. The zero-order valence-corrected chi connectivity index (χ0v) is 86.8. The van der Waals surface area contributed by atoms with Crippen LogP contribution in [-0.4, -0.2) is 76.5 Å². The van der Waals surface area contributed by atoms with Crippen molar-refractivity contribution in [3.05, 3.63) is 165 Å². The van der Waals surface area contributed by atoms with E-state index in [9.17, 15) is 28.8 Å². The maximum absolute atomic E-state index is 13.8. The van der Waals surface area contributed by atoms with Crippen LogP contribution in [0, 0.1) is 0 Å². The summed E-state index contributed by atoms with van der Waals surface area (Å²) >= 11 is 0. The molecule has 0 atom stereocenters. The quantitative estimate of drug-likeness (QED) is 0.0154. The van der Waals surface area contributed by atoms with Crippen molar-refractivity contribution in [3.63, 3.8) is 0 Å². The summed E-state index contributed by atoms with van der Waals surface area (Å²) < 4.78 is 63.5. The summed E-state index contributed by atoms with van der Waals surface area (Å²) in [6.45, 7) is 17.8. The Morgan fingerprint density at radius 2 is 0.353 bits per heavy atom. The van der Waals surface area contributed by atoms with Crippen LogP contribution in [0.5, 0.6) is 23.0 Å². The van der Waals surface area contributed by atoms with E-state index in [2.05, 4.69) is 65.1 Å². The monoisotopic (exact) mass is 1890 g/mol. The lowest BCUT2D eigenvalue weighted by Crippen LogP contribution is -2.13. The second-order valence-electron chi connectivity index (χ2n) is 38.8. The van der Waals surface area contributed by atoms with Gasteiger partial charge in [-0.1, -0.05) is 426 Å². The van der Waals surface area contributed by atoms with Gasteiger partial charge in [0.2, 0.25) is 0 Å². The summed E-state index contributed by atoms with van der Waals surface area (Å²) in [5.74, 6) is -1.36. The molecule has 4 aromatic rings. The first-order valence-corrected chi connectivity index (χ1v) is 55.3. The smallest absolute Gasteiger partial charge is 0.331 e. The number of fused-ring (bicyclic) bond motifs is 8. The van der Waals surface area contributed by atoms with E-state index in [-0.39, 0.29) is 52.1 Å². The van der Waals surface area contributed by atoms with Crippen LogP contribution < -0.4 is 18.9 Å². The summed E-state index contributed by atoms with van der Waals surface area (Å²) in [4.78, 5) is 79.1. The fraction of sp³-hybridized carbons (Fsp3) is 0.683. The molecule has 136 heavy (non-hydrogen) atoms. The molecule has 0 N–H and O–H groups in total. The first-order valence-electron chi connectivity index (χ1n) is 55.3. The van der Waals surface area contributed by atoms with Crippen LogP contribution in [0.4, 0.5) is 0 Å². The van der Waals surface area contributed by atoms with Crippen molar-refractivity contribution < 1.29 is 76.1 Å². The molecule has 1 aliphatic carbocycles. The average Bonchev–Trinajstić information content (AvgIpc) is 0.771. The summed E-state index contributed by atoms with van der Waals surface area (Å²) in [6.07, 6.45) is 86.6. The summed E-state index contributed by atoms with van der Waals surface area (Å²) in [5, 5.41) is 0. The molecule has 0 radical (unpaired) electrons. The van der Waals surface area contributed by atoms with Gasteiger partial charge < -0.3 is 47.4 Å². The molecule has 1 aliphatic rings. The number of rotatable bonds is 86. The van der Waals surface area contributed by atoms with Gasteiger partial charge in [-0.25, -0.2) is 28.8 Å². The van der Waals surface area contributed by atoms with Crippen molar-refractivity contribution in [1.82, 2.24) is 0 Å². The lowest BCUT2D eigenvalue weighted by Gasteiger charge is -2.25. The molecule has 0 spiro atoms. The molecule has 16 heteroatoms. The van der Waals surface area contributed by atoms with Crippen molar-refractivity contribution in [2.45, 2.75) is 491 Å². The molecule has 0 saturated heterocycles. The van der Waals surface area contributed by atoms with Crippen LogP contribution in [0.3, 0.4) is 0 Å². The van der Waals surface area contributed by atoms with Crippen LogP contribution >= 0.6 is 0 Å².